The van der Waals surface area contributed by atoms with E-state index < -0.39 is 16.1 Å². The van der Waals surface area contributed by atoms with Gasteiger partial charge in [0.2, 0.25) is 0 Å². The number of H-pyrrole nitrogens is 1. The number of hydrogen-bond acceptors (Lipinski definition) is 2. The molecular formula is C85H63BrN2O2Si2. The molecule has 7 heteroatoms. The molecule has 0 aliphatic carbocycles. The number of aromatic amines is 1. The quantitative estimate of drug-likeness (QED) is 0.116. The number of nitrogens with one attached hydrogen (secondary N) is 1. The van der Waals surface area contributed by atoms with Crippen LogP contribution in [0.4, 0.5) is 0 Å². The van der Waals surface area contributed by atoms with E-state index in [0.717, 1.165) is 48.7 Å². The summed E-state index contributed by atoms with van der Waals surface area (Å²) in [5, 5.41) is 20.2. The Kier molecular flexibility index (Phi) is 15.4. The summed E-state index contributed by atoms with van der Waals surface area (Å²) < 4.78 is 16.9. The molecule has 0 aliphatic heterocycles. The first-order chi connectivity index (χ1) is 45.1. The van der Waals surface area contributed by atoms with Gasteiger partial charge >= 0.3 is 0 Å². The summed E-state index contributed by atoms with van der Waals surface area (Å²) in [4.78, 5) is 3.38. The molecule has 18 aromatic rings. The largest absolute Gasteiger partial charge is 0.456 e. The van der Waals surface area contributed by atoms with Crippen molar-refractivity contribution in [3.63, 3.8) is 0 Å². The number of hydrogen-bond donors (Lipinski definition) is 1. The van der Waals surface area contributed by atoms with E-state index in [1.54, 1.807) is 0 Å². The van der Waals surface area contributed by atoms with E-state index in [-0.39, 0.29) is 7.43 Å². The summed E-state index contributed by atoms with van der Waals surface area (Å²) in [5.41, 5.74) is 9.81. The standard InChI is InChI=1S/C42H29NOSi.C30H21BrOSi.C12H9N.CH4/c1-3-16-31(17-4-1)45(32-18-5-2-6-19-32,41-28-14-24-37-36-23-9-12-27-40(36)44-42(37)41)33-20-13-15-30(29-33)43-38-25-10-7-21-34(38)35-22-8-11-26-39(35)43;31-22-11-9-16-25(21-22)33(23-12-3-1-4-13-23,24-14-5-2-6-15-24)29-20-10-18-27-26-17-7-8-19-28(26)32-30(27)29;1-3-7-11-9(5-1)10-6-2-4-8-12(10)13-11;/h1-29H;1-21H;1-8,13H;1H4. The molecule has 1 N–H and O–H groups in total. The maximum Gasteiger partial charge on any atom is 0.184 e. The molecule has 0 saturated carbocycles. The minimum atomic E-state index is -2.91. The average Bonchev–Trinajstić information content (AvgIpc) is 1.22. The molecule has 4 nitrogen and oxygen atoms in total. The van der Waals surface area contributed by atoms with Crippen molar-refractivity contribution in [2.45, 2.75) is 7.43 Å². The van der Waals surface area contributed by atoms with Crippen molar-refractivity contribution in [3.05, 3.63) is 356 Å². The lowest BCUT2D eigenvalue weighted by Crippen LogP contribution is -2.74. The zero-order chi connectivity index (χ0) is 60.7. The van der Waals surface area contributed by atoms with Gasteiger partial charge in [-0.3, -0.25) is 0 Å². The molecule has 0 spiro atoms. The van der Waals surface area contributed by atoms with Gasteiger partial charge in [-0.25, -0.2) is 0 Å². The van der Waals surface area contributed by atoms with Gasteiger partial charge in [0, 0.05) is 64.3 Å². The van der Waals surface area contributed by atoms with Crippen LogP contribution in [0.25, 0.3) is 93.2 Å². The first-order valence-electron chi connectivity index (χ1n) is 30.9. The first kappa shape index (κ1) is 57.6. The first-order valence-corrected chi connectivity index (χ1v) is 35.7. The smallest absolute Gasteiger partial charge is 0.184 e. The number of fused-ring (bicyclic) bond motifs is 12. The van der Waals surface area contributed by atoms with Crippen molar-refractivity contribution in [3.8, 4) is 5.69 Å². The monoisotopic (exact) mass is 1280 g/mol. The highest BCUT2D eigenvalue weighted by Crippen LogP contribution is 2.34. The van der Waals surface area contributed by atoms with E-state index in [1.807, 2.05) is 6.07 Å². The summed E-state index contributed by atoms with van der Waals surface area (Å²) in [6.45, 7) is 0. The Morgan fingerprint density at radius 3 is 1.03 bits per heavy atom. The Morgan fingerprint density at radius 1 is 0.272 bits per heavy atom. The molecular weight excluding hydrogens is 1220 g/mol. The van der Waals surface area contributed by atoms with Gasteiger partial charge < -0.3 is 18.4 Å². The van der Waals surface area contributed by atoms with Crippen LogP contribution < -0.4 is 41.5 Å². The number of furan rings is 2. The lowest BCUT2D eigenvalue weighted by Gasteiger charge is -2.34. The number of benzene rings is 14. The summed E-state index contributed by atoms with van der Waals surface area (Å²) >= 11 is 3.75. The topological polar surface area (TPSA) is 47.0 Å². The zero-order valence-corrected chi connectivity index (χ0v) is 53.2. The highest BCUT2D eigenvalue weighted by atomic mass is 79.9. The van der Waals surface area contributed by atoms with Crippen LogP contribution in [-0.2, 0) is 0 Å². The molecule has 0 unspecified atom stereocenters. The number of halogens is 1. The van der Waals surface area contributed by atoms with Crippen molar-refractivity contribution in [1.82, 2.24) is 9.55 Å². The predicted octanol–water partition coefficient (Wildman–Crippen LogP) is 17.7. The Hall–Kier alpha value is -10.8. The number of rotatable bonds is 9. The molecule has 18 rings (SSSR count). The highest BCUT2D eigenvalue weighted by Gasteiger charge is 2.45. The van der Waals surface area contributed by atoms with Gasteiger partial charge in [-0.2, -0.15) is 0 Å². The van der Waals surface area contributed by atoms with Gasteiger partial charge in [0.05, 0.1) is 11.0 Å². The molecule has 0 saturated heterocycles. The van der Waals surface area contributed by atoms with E-state index >= 15 is 0 Å². The van der Waals surface area contributed by atoms with Crippen LogP contribution in [-0.4, -0.2) is 25.7 Å². The van der Waals surface area contributed by atoms with E-state index in [4.69, 9.17) is 8.83 Å². The van der Waals surface area contributed by atoms with Gasteiger partial charge in [0.1, 0.15) is 22.3 Å². The zero-order valence-electron chi connectivity index (χ0n) is 49.6. The summed E-state index contributed by atoms with van der Waals surface area (Å²) in [5.74, 6) is 0. The molecule has 0 amide bonds. The van der Waals surface area contributed by atoms with E-state index in [2.05, 4.69) is 371 Å². The van der Waals surface area contributed by atoms with Gasteiger partial charge in [0.25, 0.3) is 0 Å². The number of aromatic nitrogens is 2. The maximum atomic E-state index is 6.80. The van der Waals surface area contributed by atoms with Gasteiger partial charge in [0.15, 0.2) is 16.1 Å². The molecule has 440 valence electrons. The van der Waals surface area contributed by atoms with Crippen LogP contribution in [0.2, 0.25) is 0 Å². The average molecular weight is 1280 g/mol. The molecule has 92 heavy (non-hydrogen) atoms. The fourth-order valence-electron chi connectivity index (χ4n) is 14.4. The highest BCUT2D eigenvalue weighted by molar-refractivity contribution is 9.10. The van der Waals surface area contributed by atoms with Gasteiger partial charge in [-0.1, -0.05) is 315 Å². The van der Waals surface area contributed by atoms with Crippen molar-refractivity contribution < 1.29 is 8.83 Å². The van der Waals surface area contributed by atoms with E-state index in [0.29, 0.717) is 0 Å². The normalized spacial score (nSPS) is 11.7. The molecule has 4 heterocycles. The third-order valence-corrected chi connectivity index (χ3v) is 28.3. The summed E-state index contributed by atoms with van der Waals surface area (Å²) in [6.07, 6.45) is 0. The minimum absolute atomic E-state index is 0. The van der Waals surface area contributed by atoms with Crippen LogP contribution in [0.5, 0.6) is 0 Å². The lowest BCUT2D eigenvalue weighted by atomic mass is 10.1. The van der Waals surface area contributed by atoms with Crippen LogP contribution in [0.3, 0.4) is 0 Å². The third kappa shape index (κ3) is 9.72. The van der Waals surface area contributed by atoms with Crippen LogP contribution >= 0.6 is 15.9 Å². The Morgan fingerprint density at radius 2 is 0.598 bits per heavy atom. The molecule has 0 fully saturated rings. The van der Waals surface area contributed by atoms with Crippen LogP contribution in [0.15, 0.2) is 365 Å². The molecule has 0 bridgehead atoms. The van der Waals surface area contributed by atoms with Crippen molar-refractivity contribution in [2.75, 3.05) is 0 Å². The minimum Gasteiger partial charge on any atom is -0.456 e. The molecule has 0 atom stereocenters. The fourth-order valence-corrected chi connectivity index (χ4v) is 24.8. The van der Waals surface area contributed by atoms with E-state index in [9.17, 15) is 0 Å². The van der Waals surface area contributed by atoms with Gasteiger partial charge in [-0.15, -0.1) is 0 Å². The second-order valence-corrected chi connectivity index (χ2v) is 31.6. The summed E-state index contributed by atoms with van der Waals surface area (Å²) in [7, 11) is -5.60. The fraction of sp³-hybridized carbons (Fsp3) is 0.0118. The third-order valence-electron chi connectivity index (χ3n) is 18.2. The number of nitrogens with zero attached hydrogens (tertiary/aromatic N) is 1. The Balaban J connectivity index is 0.000000130. The van der Waals surface area contributed by atoms with Crippen LogP contribution in [0, 0.1) is 0 Å². The van der Waals surface area contributed by atoms with Crippen LogP contribution in [0.1, 0.15) is 7.43 Å². The molecule has 4 aromatic heterocycles. The summed E-state index contributed by atoms with van der Waals surface area (Å²) in [6, 6.07) is 126. The van der Waals surface area contributed by atoms with Crippen molar-refractivity contribution >= 4 is 161 Å². The lowest BCUT2D eigenvalue weighted by molar-refractivity contribution is 0.671. The molecule has 14 aromatic carbocycles. The van der Waals surface area contributed by atoms with E-state index in [1.165, 1.54) is 90.5 Å². The second-order valence-electron chi connectivity index (χ2n) is 23.2. The SMILES string of the molecule is Brc1cccc([Si](c2ccccc2)(c2ccccc2)c2cccc3c2oc2ccccc23)c1.C.c1ccc([Si](c2ccccc2)(c2cccc(-n3c4ccccc4c4ccccc43)c2)c2cccc3c2oc2ccccc23)cc1.c1ccc2c(c1)[nH]c1ccccc12. The van der Waals surface area contributed by atoms with Gasteiger partial charge in [-0.05, 0) is 102 Å². The van der Waals surface area contributed by atoms with Crippen molar-refractivity contribution in [2.24, 2.45) is 0 Å². The Bertz CT molecular complexity index is 5460. The predicted molar refractivity (Wildman–Crippen MR) is 399 cm³/mol. The number of para-hydroxylation sites is 8. The second kappa shape index (κ2) is 24.5. The molecule has 0 radical (unpaired) electrons. The molecule has 0 aliphatic rings. The van der Waals surface area contributed by atoms with Crippen molar-refractivity contribution in [1.29, 1.82) is 0 Å². The maximum absolute atomic E-state index is 6.80. The Labute approximate surface area is 545 Å².